The third-order valence-corrected chi connectivity index (χ3v) is 4.26. The molecule has 1 aliphatic carbocycles. The number of nitrogens with zero attached hydrogens (tertiary/aromatic N) is 1. The molecule has 1 saturated carbocycles. The molecule has 0 radical (unpaired) electrons. The molecule has 1 aromatic carbocycles. The largest absolute Gasteiger partial charge is 0.350 e. The van der Waals surface area contributed by atoms with Crippen molar-refractivity contribution < 1.29 is 4.79 Å². The van der Waals surface area contributed by atoms with E-state index < -0.39 is 0 Å². The minimum atomic E-state index is -0.103. The third-order valence-electron chi connectivity index (χ3n) is 3.86. The van der Waals surface area contributed by atoms with E-state index in [0.717, 1.165) is 30.2 Å². The summed E-state index contributed by atoms with van der Waals surface area (Å²) in [6.07, 6.45) is 3.14. The molecule has 0 bridgehead atoms. The first-order valence-corrected chi connectivity index (χ1v) is 7.44. The molecule has 2 aromatic rings. The number of carbonyl (C=O) groups is 1. The fourth-order valence-corrected chi connectivity index (χ4v) is 3.10. The molecule has 0 aliphatic heterocycles. The summed E-state index contributed by atoms with van der Waals surface area (Å²) >= 11 is 6.08. The van der Waals surface area contributed by atoms with E-state index in [1.165, 1.54) is 0 Å². The fraction of sp³-hybridized carbons (Fsp3) is 0.375. The van der Waals surface area contributed by atoms with Crippen LogP contribution in [-0.2, 0) is 0 Å². The number of benzene rings is 1. The summed E-state index contributed by atoms with van der Waals surface area (Å²) in [4.78, 5) is 16.5. The van der Waals surface area contributed by atoms with Gasteiger partial charge in [0.25, 0.3) is 5.91 Å². The van der Waals surface area contributed by atoms with Crippen molar-refractivity contribution >= 4 is 28.4 Å². The Morgan fingerprint density at radius 2 is 2.10 bits per heavy atom. The lowest BCUT2D eigenvalue weighted by atomic mass is 10.1. The summed E-state index contributed by atoms with van der Waals surface area (Å²) in [7, 11) is 0. The normalized spacial score (nSPS) is 22.1. The van der Waals surface area contributed by atoms with Gasteiger partial charge in [-0.05, 0) is 37.3 Å². The predicted octanol–water partition coefficient (Wildman–Crippen LogP) is 3.37. The number of amides is 1. The number of nitrogens with one attached hydrogen (secondary N) is 1. The quantitative estimate of drug-likeness (QED) is 0.880. The number of carbonyl (C=O) groups excluding carboxylic acids is 1. The van der Waals surface area contributed by atoms with Crippen LogP contribution in [0.2, 0.25) is 0 Å². The van der Waals surface area contributed by atoms with E-state index in [4.69, 9.17) is 11.6 Å². The fourth-order valence-electron chi connectivity index (χ4n) is 2.72. The lowest BCUT2D eigenvalue weighted by Crippen LogP contribution is -2.29. The van der Waals surface area contributed by atoms with Gasteiger partial charge >= 0.3 is 0 Å². The number of hydrogen-bond acceptors (Lipinski definition) is 2. The molecule has 4 heteroatoms. The molecular formula is C16H17ClN2O. The number of alkyl halides is 1. The van der Waals surface area contributed by atoms with E-state index in [1.807, 2.05) is 30.3 Å². The van der Waals surface area contributed by atoms with Gasteiger partial charge in [0.15, 0.2) is 0 Å². The average molecular weight is 289 g/mol. The molecule has 3 nitrogen and oxygen atoms in total. The zero-order valence-corrected chi connectivity index (χ0v) is 11.9. The van der Waals surface area contributed by atoms with Crippen molar-refractivity contribution in [3.8, 4) is 0 Å². The number of fused-ring (bicyclic) bond motifs is 1. The Labute approximate surface area is 123 Å². The van der Waals surface area contributed by atoms with E-state index >= 15 is 0 Å². The van der Waals surface area contributed by atoms with E-state index in [1.54, 1.807) is 6.07 Å². The SMILES string of the molecule is O=C(NCC1CCC(Cl)C1)c1ccc2ccccc2n1. The van der Waals surface area contributed by atoms with Crippen LogP contribution in [0.25, 0.3) is 10.9 Å². The van der Waals surface area contributed by atoms with Crippen LogP contribution < -0.4 is 5.32 Å². The molecule has 1 N–H and O–H groups in total. The lowest BCUT2D eigenvalue weighted by molar-refractivity contribution is 0.0943. The number of para-hydroxylation sites is 1. The summed E-state index contributed by atoms with van der Waals surface area (Å²) < 4.78 is 0. The lowest BCUT2D eigenvalue weighted by Gasteiger charge is -2.10. The molecular weight excluding hydrogens is 272 g/mol. The number of pyridine rings is 1. The molecule has 1 aliphatic rings. The first kappa shape index (κ1) is 13.4. The molecule has 1 amide bonds. The van der Waals surface area contributed by atoms with Crippen LogP contribution in [0.1, 0.15) is 29.8 Å². The van der Waals surface area contributed by atoms with Crippen molar-refractivity contribution in [1.82, 2.24) is 10.3 Å². The van der Waals surface area contributed by atoms with Gasteiger partial charge in [0, 0.05) is 17.3 Å². The third kappa shape index (κ3) is 2.93. The van der Waals surface area contributed by atoms with Crippen LogP contribution in [0.15, 0.2) is 36.4 Å². The highest BCUT2D eigenvalue weighted by Gasteiger charge is 2.23. The van der Waals surface area contributed by atoms with Gasteiger partial charge in [0.1, 0.15) is 5.69 Å². The first-order valence-electron chi connectivity index (χ1n) is 7.00. The van der Waals surface area contributed by atoms with E-state index in [9.17, 15) is 4.79 Å². The maximum absolute atomic E-state index is 12.1. The second-order valence-corrected chi connectivity index (χ2v) is 5.99. The van der Waals surface area contributed by atoms with Gasteiger partial charge in [-0.25, -0.2) is 4.98 Å². The molecule has 104 valence electrons. The van der Waals surface area contributed by atoms with Crippen molar-refractivity contribution in [3.63, 3.8) is 0 Å². The molecule has 0 saturated heterocycles. The standard InChI is InChI=1S/C16H17ClN2O/c17-13-7-5-11(9-13)10-18-16(20)15-8-6-12-3-1-2-4-14(12)19-15/h1-4,6,8,11,13H,5,7,9-10H2,(H,18,20). The highest BCUT2D eigenvalue weighted by Crippen LogP contribution is 2.28. The smallest absolute Gasteiger partial charge is 0.269 e. The van der Waals surface area contributed by atoms with Crippen molar-refractivity contribution in [3.05, 3.63) is 42.1 Å². The van der Waals surface area contributed by atoms with Gasteiger partial charge < -0.3 is 5.32 Å². The Morgan fingerprint density at radius 1 is 1.25 bits per heavy atom. The highest BCUT2D eigenvalue weighted by molar-refractivity contribution is 6.20. The van der Waals surface area contributed by atoms with Gasteiger partial charge in [-0.2, -0.15) is 0 Å². The van der Waals surface area contributed by atoms with Crippen LogP contribution in [0.5, 0.6) is 0 Å². The van der Waals surface area contributed by atoms with Gasteiger partial charge in [0.2, 0.25) is 0 Å². The van der Waals surface area contributed by atoms with Crippen LogP contribution in [0, 0.1) is 5.92 Å². The molecule has 1 aromatic heterocycles. The van der Waals surface area contributed by atoms with Crippen molar-refractivity contribution in [2.45, 2.75) is 24.6 Å². The molecule has 1 heterocycles. The van der Waals surface area contributed by atoms with Crippen LogP contribution in [0.3, 0.4) is 0 Å². The number of rotatable bonds is 3. The molecule has 2 atom stereocenters. The monoisotopic (exact) mass is 288 g/mol. The molecule has 0 spiro atoms. The Bertz CT molecular complexity index is 629. The maximum atomic E-state index is 12.1. The average Bonchev–Trinajstić information content (AvgIpc) is 2.90. The van der Waals surface area contributed by atoms with Gasteiger partial charge in [-0.1, -0.05) is 24.3 Å². The predicted molar refractivity (Wildman–Crippen MR) is 81.1 cm³/mol. The Hall–Kier alpha value is -1.61. The topological polar surface area (TPSA) is 42.0 Å². The molecule has 3 rings (SSSR count). The number of halogens is 1. The van der Waals surface area contributed by atoms with Crippen molar-refractivity contribution in [1.29, 1.82) is 0 Å². The molecule has 2 unspecified atom stereocenters. The number of hydrogen-bond donors (Lipinski definition) is 1. The van der Waals surface area contributed by atoms with Crippen LogP contribution in [0.4, 0.5) is 0 Å². The van der Waals surface area contributed by atoms with E-state index in [0.29, 0.717) is 18.2 Å². The van der Waals surface area contributed by atoms with Crippen molar-refractivity contribution in [2.75, 3.05) is 6.54 Å². The second kappa shape index (κ2) is 5.80. The molecule has 20 heavy (non-hydrogen) atoms. The summed E-state index contributed by atoms with van der Waals surface area (Å²) in [5, 5.41) is 4.29. The highest BCUT2D eigenvalue weighted by atomic mass is 35.5. The van der Waals surface area contributed by atoms with E-state index in [2.05, 4.69) is 10.3 Å². The summed E-state index contributed by atoms with van der Waals surface area (Å²) in [5.74, 6) is 0.399. The summed E-state index contributed by atoms with van der Waals surface area (Å²) in [6, 6.07) is 11.5. The Morgan fingerprint density at radius 3 is 2.90 bits per heavy atom. The Balaban J connectivity index is 1.66. The first-order chi connectivity index (χ1) is 9.72. The Kier molecular flexibility index (Phi) is 3.88. The second-order valence-electron chi connectivity index (χ2n) is 5.38. The van der Waals surface area contributed by atoms with Crippen LogP contribution in [-0.4, -0.2) is 22.8 Å². The van der Waals surface area contributed by atoms with Crippen LogP contribution >= 0.6 is 11.6 Å². The van der Waals surface area contributed by atoms with Gasteiger partial charge in [0.05, 0.1) is 5.52 Å². The van der Waals surface area contributed by atoms with Gasteiger partial charge in [-0.15, -0.1) is 11.6 Å². The minimum Gasteiger partial charge on any atom is -0.350 e. The minimum absolute atomic E-state index is 0.103. The molecule has 1 fully saturated rings. The zero-order chi connectivity index (χ0) is 13.9. The van der Waals surface area contributed by atoms with Gasteiger partial charge in [-0.3, -0.25) is 4.79 Å². The van der Waals surface area contributed by atoms with Crippen molar-refractivity contribution in [2.24, 2.45) is 5.92 Å². The zero-order valence-electron chi connectivity index (χ0n) is 11.2. The summed E-state index contributed by atoms with van der Waals surface area (Å²) in [6.45, 7) is 0.691. The number of aromatic nitrogens is 1. The van der Waals surface area contributed by atoms with E-state index in [-0.39, 0.29) is 11.3 Å². The maximum Gasteiger partial charge on any atom is 0.269 e. The summed E-state index contributed by atoms with van der Waals surface area (Å²) in [5.41, 5.74) is 1.32.